The van der Waals surface area contributed by atoms with E-state index >= 15 is 0 Å². The van der Waals surface area contributed by atoms with Crippen molar-refractivity contribution in [3.63, 3.8) is 0 Å². The van der Waals surface area contributed by atoms with Crippen LogP contribution in [0.2, 0.25) is 0 Å². The number of nitrogens with two attached hydrogens (primary N) is 1. The minimum atomic E-state index is -0.750. The number of aliphatic imine (C=N–C) groups is 1. The molecular formula is C17H18ClFN4O2S2. The number of aromatic nitrogens is 1. The van der Waals surface area contributed by atoms with Gasteiger partial charge in [-0.2, -0.15) is 0 Å². The van der Waals surface area contributed by atoms with Gasteiger partial charge in [0, 0.05) is 47.5 Å². The number of halogens is 2. The number of thiazole rings is 1. The first-order valence-electron chi connectivity index (χ1n) is 8.15. The van der Waals surface area contributed by atoms with Gasteiger partial charge < -0.3 is 15.8 Å². The predicted octanol–water partition coefficient (Wildman–Crippen LogP) is 3.25. The second-order valence-electron chi connectivity index (χ2n) is 6.19. The largest absolute Gasteiger partial charge is 0.381 e. The van der Waals surface area contributed by atoms with Gasteiger partial charge in [0.25, 0.3) is 5.91 Å². The van der Waals surface area contributed by atoms with E-state index < -0.39 is 5.54 Å². The maximum absolute atomic E-state index is 14.8. The molecule has 3 N–H and O–H groups in total. The lowest BCUT2D eigenvalue weighted by Gasteiger charge is -2.44. The Kier molecular flexibility index (Phi) is 6.05. The van der Waals surface area contributed by atoms with E-state index in [1.54, 1.807) is 23.7 Å². The molecule has 6 nitrogen and oxygen atoms in total. The highest BCUT2D eigenvalue weighted by Crippen LogP contribution is 2.46. The zero-order chi connectivity index (χ0) is 18.1. The molecule has 1 aromatic heterocycles. The molecule has 0 radical (unpaired) electrons. The van der Waals surface area contributed by atoms with Crippen LogP contribution in [0, 0.1) is 11.7 Å². The lowest BCUT2D eigenvalue weighted by molar-refractivity contribution is 0.00886. The third kappa shape index (κ3) is 3.82. The summed E-state index contributed by atoms with van der Waals surface area (Å²) in [5, 5.41) is 5.32. The Labute approximate surface area is 170 Å². The number of rotatable bonds is 3. The second kappa shape index (κ2) is 8.14. The molecule has 1 saturated heterocycles. The first-order chi connectivity index (χ1) is 12.6. The number of thioether (sulfide) groups is 1. The van der Waals surface area contributed by atoms with Crippen molar-refractivity contribution in [1.82, 2.24) is 4.98 Å². The van der Waals surface area contributed by atoms with Gasteiger partial charge in [-0.05, 0) is 18.2 Å². The molecule has 2 atom stereocenters. The van der Waals surface area contributed by atoms with Gasteiger partial charge >= 0.3 is 0 Å². The number of amides is 1. The van der Waals surface area contributed by atoms with Crippen molar-refractivity contribution < 1.29 is 13.9 Å². The summed E-state index contributed by atoms with van der Waals surface area (Å²) in [6, 6.07) is 4.56. The fourth-order valence-electron chi connectivity index (χ4n) is 3.41. The van der Waals surface area contributed by atoms with Gasteiger partial charge in [0.05, 0.1) is 12.1 Å². The molecule has 0 spiro atoms. The Bertz CT molecular complexity index is 865. The number of ether oxygens (including phenoxy) is 1. The fraction of sp³-hybridized carbons (Fsp3) is 0.353. The van der Waals surface area contributed by atoms with Crippen LogP contribution in [0.4, 0.5) is 10.1 Å². The molecule has 144 valence electrons. The zero-order valence-electron chi connectivity index (χ0n) is 14.2. The number of benzene rings is 1. The lowest BCUT2D eigenvalue weighted by Crippen LogP contribution is -2.47. The Morgan fingerprint density at radius 2 is 2.30 bits per heavy atom. The standard InChI is InChI=1S/C17H17FN4O2S2.ClH/c18-13-2-1-11(21-14(23)15-20-4-6-25-15)7-12(13)17-3-5-24-8-10(17)9-26-16(19)22-17;/h1-2,4,6-7,10H,3,5,8-9H2,(H2,19,22)(H,21,23);1H/t10-,17-;/m0./s1. The number of carbonyl (C=O) groups excluding carboxylic acids is 1. The van der Waals surface area contributed by atoms with Crippen molar-refractivity contribution in [2.24, 2.45) is 16.6 Å². The van der Waals surface area contributed by atoms with Crippen molar-refractivity contribution in [3.05, 3.63) is 46.2 Å². The lowest BCUT2D eigenvalue weighted by atomic mass is 9.75. The van der Waals surface area contributed by atoms with E-state index in [-0.39, 0.29) is 30.0 Å². The van der Waals surface area contributed by atoms with Crippen LogP contribution >= 0.6 is 35.5 Å². The van der Waals surface area contributed by atoms with E-state index in [4.69, 9.17) is 10.5 Å². The topological polar surface area (TPSA) is 89.6 Å². The molecule has 10 heteroatoms. The number of hydrogen-bond acceptors (Lipinski definition) is 7. The SMILES string of the molecule is Cl.NC1=N[C@@]2(c3cc(NC(=O)c4nccs4)ccc3F)CCOC[C@H]2CS1. The van der Waals surface area contributed by atoms with Gasteiger partial charge in [0.15, 0.2) is 10.2 Å². The van der Waals surface area contributed by atoms with E-state index in [2.05, 4.69) is 15.3 Å². The number of anilines is 1. The second-order valence-corrected chi connectivity index (χ2v) is 8.13. The van der Waals surface area contributed by atoms with Crippen LogP contribution in [0.5, 0.6) is 0 Å². The molecule has 1 aromatic carbocycles. The molecule has 1 fully saturated rings. The summed E-state index contributed by atoms with van der Waals surface area (Å²) in [6.45, 7) is 1.01. The van der Waals surface area contributed by atoms with Crippen LogP contribution in [0.25, 0.3) is 0 Å². The molecular weight excluding hydrogens is 411 g/mol. The minimum absolute atomic E-state index is 0. The van der Waals surface area contributed by atoms with Gasteiger partial charge in [0.2, 0.25) is 0 Å². The number of fused-ring (bicyclic) bond motifs is 1. The molecule has 0 unspecified atom stereocenters. The summed E-state index contributed by atoms with van der Waals surface area (Å²) in [4.78, 5) is 20.9. The van der Waals surface area contributed by atoms with E-state index in [0.717, 1.165) is 5.75 Å². The van der Waals surface area contributed by atoms with Crippen molar-refractivity contribution >= 4 is 52.3 Å². The highest BCUT2D eigenvalue weighted by Gasteiger charge is 2.47. The molecule has 4 rings (SSSR count). The summed E-state index contributed by atoms with van der Waals surface area (Å²) in [5.41, 5.74) is 6.18. The average Bonchev–Trinajstić information content (AvgIpc) is 3.18. The Balaban J connectivity index is 0.00000210. The summed E-state index contributed by atoms with van der Waals surface area (Å²) >= 11 is 2.71. The maximum Gasteiger partial charge on any atom is 0.284 e. The van der Waals surface area contributed by atoms with E-state index in [0.29, 0.717) is 41.1 Å². The van der Waals surface area contributed by atoms with Crippen molar-refractivity contribution in [2.45, 2.75) is 12.0 Å². The number of nitrogens with one attached hydrogen (secondary N) is 1. The monoisotopic (exact) mass is 428 g/mol. The Morgan fingerprint density at radius 1 is 1.44 bits per heavy atom. The third-order valence-electron chi connectivity index (χ3n) is 4.68. The summed E-state index contributed by atoms with van der Waals surface area (Å²) < 4.78 is 20.4. The molecule has 0 bridgehead atoms. The molecule has 2 aromatic rings. The summed E-state index contributed by atoms with van der Waals surface area (Å²) in [6.07, 6.45) is 2.12. The van der Waals surface area contributed by atoms with Crippen molar-refractivity contribution in [3.8, 4) is 0 Å². The summed E-state index contributed by atoms with van der Waals surface area (Å²) in [5.74, 6) is 0.0890. The molecule has 2 aliphatic rings. The smallest absolute Gasteiger partial charge is 0.284 e. The molecule has 2 aliphatic heterocycles. The van der Waals surface area contributed by atoms with Gasteiger partial charge in [-0.3, -0.25) is 9.79 Å². The van der Waals surface area contributed by atoms with Crippen LogP contribution in [0.1, 0.15) is 21.8 Å². The van der Waals surface area contributed by atoms with Gasteiger partial charge in [-0.15, -0.1) is 23.7 Å². The first kappa shape index (κ1) is 20.1. The van der Waals surface area contributed by atoms with Crippen molar-refractivity contribution in [1.29, 1.82) is 0 Å². The van der Waals surface area contributed by atoms with Crippen LogP contribution in [-0.4, -0.2) is 35.0 Å². The molecule has 0 saturated carbocycles. The maximum atomic E-state index is 14.8. The summed E-state index contributed by atoms with van der Waals surface area (Å²) in [7, 11) is 0. The number of nitrogens with zero attached hydrogens (tertiary/aromatic N) is 2. The highest BCUT2D eigenvalue weighted by molar-refractivity contribution is 8.13. The van der Waals surface area contributed by atoms with E-state index in [1.165, 1.54) is 29.2 Å². The Morgan fingerprint density at radius 3 is 3.07 bits per heavy atom. The molecule has 27 heavy (non-hydrogen) atoms. The number of hydrogen-bond donors (Lipinski definition) is 2. The molecule has 1 amide bonds. The quantitative estimate of drug-likeness (QED) is 0.783. The zero-order valence-corrected chi connectivity index (χ0v) is 16.6. The third-order valence-corrected chi connectivity index (χ3v) is 6.41. The van der Waals surface area contributed by atoms with Crippen molar-refractivity contribution in [2.75, 3.05) is 24.3 Å². The van der Waals surface area contributed by atoms with Crippen LogP contribution < -0.4 is 11.1 Å². The predicted molar refractivity (Wildman–Crippen MR) is 108 cm³/mol. The molecule has 0 aliphatic carbocycles. The molecule has 3 heterocycles. The van der Waals surface area contributed by atoms with Crippen LogP contribution in [0.3, 0.4) is 0 Å². The van der Waals surface area contributed by atoms with Crippen LogP contribution in [0.15, 0.2) is 34.8 Å². The van der Waals surface area contributed by atoms with Gasteiger partial charge in [0.1, 0.15) is 5.82 Å². The van der Waals surface area contributed by atoms with Crippen LogP contribution in [-0.2, 0) is 10.3 Å². The minimum Gasteiger partial charge on any atom is -0.381 e. The Hall–Kier alpha value is -1.68. The average molecular weight is 429 g/mol. The fourth-order valence-corrected chi connectivity index (χ4v) is 4.91. The highest BCUT2D eigenvalue weighted by atomic mass is 35.5. The van der Waals surface area contributed by atoms with Gasteiger partial charge in [-0.1, -0.05) is 11.8 Å². The van der Waals surface area contributed by atoms with Gasteiger partial charge in [-0.25, -0.2) is 9.37 Å². The number of carbonyl (C=O) groups is 1. The number of amidine groups is 1. The first-order valence-corrected chi connectivity index (χ1v) is 10.0. The van der Waals surface area contributed by atoms with E-state index in [1.807, 2.05) is 0 Å². The normalized spacial score (nSPS) is 24.3. The van der Waals surface area contributed by atoms with E-state index in [9.17, 15) is 9.18 Å².